The minimum atomic E-state index is -0.406. The molecular weight excluding hydrogens is 234 g/mol. The van der Waals surface area contributed by atoms with Crippen LogP contribution >= 0.6 is 16.5 Å². The predicted molar refractivity (Wildman–Crippen MR) is 75.3 cm³/mol. The van der Waals surface area contributed by atoms with Gasteiger partial charge in [-0.15, -0.1) is 8.93 Å². The highest BCUT2D eigenvalue weighted by Crippen LogP contribution is 2.44. The lowest BCUT2D eigenvalue weighted by atomic mass is 10.3. The monoisotopic (exact) mass is 248 g/mol. The zero-order valence-electron chi connectivity index (χ0n) is 9.13. The lowest BCUT2D eigenvalue weighted by molar-refractivity contribution is 0.418. The zero-order valence-corrected chi connectivity index (χ0v) is 11.2. The topological polar surface area (TPSA) is 9.23 Å². The average molecular weight is 248 g/mol. The Morgan fingerprint density at radius 3 is 2.25 bits per heavy atom. The first kappa shape index (κ1) is 11.6. The maximum atomic E-state index is 5.39. The van der Waals surface area contributed by atoms with Crippen molar-refractivity contribution in [1.29, 1.82) is 0 Å². The zero-order chi connectivity index (χ0) is 11.4. The Morgan fingerprint density at radius 2 is 1.56 bits per heavy atom. The van der Waals surface area contributed by atoms with Crippen molar-refractivity contribution in [3.63, 3.8) is 0 Å². The van der Waals surface area contributed by atoms with Crippen LogP contribution in [0.25, 0.3) is 0 Å². The van der Waals surface area contributed by atoms with Gasteiger partial charge in [0.2, 0.25) is 0 Å². The molecule has 2 atom stereocenters. The van der Waals surface area contributed by atoms with Gasteiger partial charge in [0, 0.05) is 5.30 Å². The highest BCUT2D eigenvalue weighted by Gasteiger charge is 2.11. The van der Waals surface area contributed by atoms with Crippen molar-refractivity contribution < 1.29 is 4.74 Å². The largest absolute Gasteiger partial charge is 0.496 e. The molecule has 0 bridgehead atoms. The van der Waals surface area contributed by atoms with Crippen molar-refractivity contribution >= 4 is 27.1 Å². The molecule has 2 aromatic carbocycles. The molecule has 0 radical (unpaired) electrons. The standard InChI is InChI=1S/C13H14OP2/c1-14-12-9-5-6-10-13(12)16(15)11-7-3-2-4-8-11/h2-10H,15H2,1H3. The highest BCUT2D eigenvalue weighted by molar-refractivity contribution is 8.21. The van der Waals surface area contributed by atoms with Gasteiger partial charge in [-0.25, -0.2) is 0 Å². The van der Waals surface area contributed by atoms with Gasteiger partial charge in [0.1, 0.15) is 5.75 Å². The Hall–Kier alpha value is -0.900. The van der Waals surface area contributed by atoms with Crippen LogP contribution in [0.5, 0.6) is 5.75 Å². The normalized spacial score (nSPS) is 12.1. The number of hydrogen-bond donors (Lipinski definition) is 0. The van der Waals surface area contributed by atoms with Gasteiger partial charge < -0.3 is 4.74 Å². The molecule has 2 rings (SSSR count). The van der Waals surface area contributed by atoms with Crippen LogP contribution in [0.15, 0.2) is 54.6 Å². The minimum Gasteiger partial charge on any atom is -0.496 e. The Balaban J connectivity index is 2.37. The van der Waals surface area contributed by atoms with Crippen LogP contribution in [0, 0.1) is 0 Å². The third-order valence-corrected chi connectivity index (χ3v) is 5.85. The number of methoxy groups -OCH3 is 1. The summed E-state index contributed by atoms with van der Waals surface area (Å²) in [5.41, 5.74) is 0. The van der Waals surface area contributed by atoms with Crippen LogP contribution in [0.4, 0.5) is 0 Å². The van der Waals surface area contributed by atoms with E-state index in [1.165, 1.54) is 10.6 Å². The van der Waals surface area contributed by atoms with Gasteiger partial charge in [-0.3, -0.25) is 0 Å². The van der Waals surface area contributed by atoms with E-state index in [0.29, 0.717) is 0 Å². The van der Waals surface area contributed by atoms with E-state index >= 15 is 0 Å². The molecule has 0 N–H and O–H groups in total. The molecule has 3 heteroatoms. The number of rotatable bonds is 3. The molecule has 0 saturated carbocycles. The molecule has 2 unspecified atom stereocenters. The summed E-state index contributed by atoms with van der Waals surface area (Å²) in [5.74, 6) is 0.965. The van der Waals surface area contributed by atoms with E-state index in [1.54, 1.807) is 7.11 Å². The van der Waals surface area contributed by atoms with Crippen LogP contribution in [-0.4, -0.2) is 7.11 Å². The minimum absolute atomic E-state index is 0.406. The second-order valence-electron chi connectivity index (χ2n) is 3.38. The second-order valence-corrected chi connectivity index (χ2v) is 6.66. The maximum absolute atomic E-state index is 5.39. The molecule has 0 spiro atoms. The molecule has 0 aromatic heterocycles. The fourth-order valence-corrected chi connectivity index (χ4v) is 4.13. The summed E-state index contributed by atoms with van der Waals surface area (Å²) in [6.07, 6.45) is 0. The van der Waals surface area contributed by atoms with Crippen LogP contribution in [0.2, 0.25) is 0 Å². The third kappa shape index (κ3) is 2.43. The van der Waals surface area contributed by atoms with E-state index in [4.69, 9.17) is 4.74 Å². The summed E-state index contributed by atoms with van der Waals surface area (Å²) >= 11 is 0. The lowest BCUT2D eigenvalue weighted by Gasteiger charge is -2.15. The van der Waals surface area contributed by atoms with E-state index < -0.39 is 7.61 Å². The van der Waals surface area contributed by atoms with Crippen LogP contribution in [0.1, 0.15) is 0 Å². The number of benzene rings is 2. The molecule has 0 aliphatic heterocycles. The molecule has 2 aromatic rings. The molecule has 0 aliphatic rings. The number of ether oxygens (including phenoxy) is 1. The first-order chi connectivity index (χ1) is 7.83. The molecular formula is C13H14OP2. The SMILES string of the molecule is COc1ccccc1P(P)c1ccccc1. The van der Waals surface area contributed by atoms with Crippen molar-refractivity contribution in [1.82, 2.24) is 0 Å². The molecule has 0 fully saturated rings. The maximum Gasteiger partial charge on any atom is 0.127 e. The van der Waals surface area contributed by atoms with E-state index in [2.05, 4.69) is 45.3 Å². The van der Waals surface area contributed by atoms with E-state index in [-0.39, 0.29) is 0 Å². The van der Waals surface area contributed by atoms with Crippen molar-refractivity contribution in [2.75, 3.05) is 7.11 Å². The summed E-state index contributed by atoms with van der Waals surface area (Å²) in [7, 11) is 4.25. The Morgan fingerprint density at radius 1 is 0.938 bits per heavy atom. The molecule has 0 saturated heterocycles. The van der Waals surface area contributed by atoms with Crippen LogP contribution < -0.4 is 15.3 Å². The highest BCUT2D eigenvalue weighted by atomic mass is 32.0. The van der Waals surface area contributed by atoms with Crippen molar-refractivity contribution in [2.45, 2.75) is 0 Å². The van der Waals surface area contributed by atoms with Gasteiger partial charge in [0.15, 0.2) is 0 Å². The Kier molecular flexibility index (Phi) is 3.93. The van der Waals surface area contributed by atoms with Gasteiger partial charge in [-0.05, 0) is 19.0 Å². The summed E-state index contributed by atoms with van der Waals surface area (Å²) in [6, 6.07) is 18.7. The van der Waals surface area contributed by atoms with Gasteiger partial charge in [0.05, 0.1) is 7.11 Å². The molecule has 1 nitrogen and oxygen atoms in total. The number of hydrogen-bond acceptors (Lipinski definition) is 1. The fourth-order valence-electron chi connectivity index (χ4n) is 1.56. The van der Waals surface area contributed by atoms with E-state index in [9.17, 15) is 0 Å². The molecule has 0 heterocycles. The smallest absolute Gasteiger partial charge is 0.127 e. The van der Waals surface area contributed by atoms with Crippen molar-refractivity contribution in [3.05, 3.63) is 54.6 Å². The van der Waals surface area contributed by atoms with E-state index in [1.807, 2.05) is 18.2 Å². The first-order valence-corrected chi connectivity index (χ1v) is 8.02. The summed E-state index contributed by atoms with van der Waals surface area (Å²) in [6.45, 7) is 0. The lowest BCUT2D eigenvalue weighted by Crippen LogP contribution is -2.09. The summed E-state index contributed by atoms with van der Waals surface area (Å²) < 4.78 is 5.39. The molecule has 0 amide bonds. The van der Waals surface area contributed by atoms with Gasteiger partial charge >= 0.3 is 0 Å². The van der Waals surface area contributed by atoms with Gasteiger partial charge in [-0.2, -0.15) is 0 Å². The fraction of sp³-hybridized carbons (Fsp3) is 0.0769. The second kappa shape index (κ2) is 5.43. The number of para-hydroxylation sites is 1. The van der Waals surface area contributed by atoms with Gasteiger partial charge in [-0.1, -0.05) is 48.5 Å². The first-order valence-electron chi connectivity index (χ1n) is 5.06. The van der Waals surface area contributed by atoms with Crippen LogP contribution in [0.3, 0.4) is 0 Å². The van der Waals surface area contributed by atoms with Crippen molar-refractivity contribution in [3.8, 4) is 5.75 Å². The summed E-state index contributed by atoms with van der Waals surface area (Å²) in [5, 5.41) is 2.60. The summed E-state index contributed by atoms with van der Waals surface area (Å²) in [4.78, 5) is 0. The molecule has 16 heavy (non-hydrogen) atoms. The van der Waals surface area contributed by atoms with Crippen molar-refractivity contribution in [2.24, 2.45) is 0 Å². The molecule has 0 aliphatic carbocycles. The molecule has 82 valence electrons. The van der Waals surface area contributed by atoms with E-state index in [0.717, 1.165) is 5.75 Å². The third-order valence-electron chi connectivity index (χ3n) is 2.38. The van der Waals surface area contributed by atoms with Gasteiger partial charge in [0.25, 0.3) is 0 Å². The quantitative estimate of drug-likeness (QED) is 0.759. The van der Waals surface area contributed by atoms with Crippen LogP contribution in [-0.2, 0) is 0 Å². The Labute approximate surface area is 99.7 Å². The predicted octanol–water partition coefficient (Wildman–Crippen LogP) is 2.92. The Bertz CT molecular complexity index is 456. The average Bonchev–Trinajstić information content (AvgIpc) is 2.39.